The summed E-state index contributed by atoms with van der Waals surface area (Å²) in [5.74, 6) is 1.11. The fraction of sp³-hybridized carbons (Fsp3) is 0.350. The molecule has 136 valence electrons. The van der Waals surface area contributed by atoms with Crippen molar-refractivity contribution in [2.45, 2.75) is 39.2 Å². The Morgan fingerprint density at radius 3 is 2.65 bits per heavy atom. The molecule has 0 bridgehead atoms. The lowest BCUT2D eigenvalue weighted by atomic mass is 10.00. The summed E-state index contributed by atoms with van der Waals surface area (Å²) in [6, 6.07) is 6.63. The number of nitrogens with zero attached hydrogens (tertiary/aromatic N) is 1. The van der Waals surface area contributed by atoms with Crippen molar-refractivity contribution in [3.05, 3.63) is 47.3 Å². The van der Waals surface area contributed by atoms with Crippen molar-refractivity contribution in [2.24, 2.45) is 0 Å². The largest absolute Gasteiger partial charge is 0.487 e. The van der Waals surface area contributed by atoms with Crippen LogP contribution >= 0.6 is 0 Å². The summed E-state index contributed by atoms with van der Waals surface area (Å²) in [5, 5.41) is 0. The van der Waals surface area contributed by atoms with Gasteiger partial charge in [-0.2, -0.15) is 0 Å². The first kappa shape index (κ1) is 17.9. The second kappa shape index (κ2) is 6.78. The van der Waals surface area contributed by atoms with Gasteiger partial charge in [-0.15, -0.1) is 0 Å². The zero-order chi connectivity index (χ0) is 18.9. The van der Waals surface area contributed by atoms with E-state index in [9.17, 15) is 9.59 Å². The number of pyridine rings is 1. The summed E-state index contributed by atoms with van der Waals surface area (Å²) in [5.41, 5.74) is 1.25. The van der Waals surface area contributed by atoms with Crippen molar-refractivity contribution in [3.63, 3.8) is 0 Å². The third-order valence-corrected chi connectivity index (χ3v) is 4.15. The Labute approximate surface area is 152 Å². The molecule has 0 unspecified atom stereocenters. The van der Waals surface area contributed by atoms with Crippen LogP contribution in [-0.2, 0) is 11.2 Å². The van der Waals surface area contributed by atoms with Crippen LogP contribution in [0.15, 0.2) is 30.5 Å². The first-order valence-electron chi connectivity index (χ1n) is 8.44. The third kappa shape index (κ3) is 3.54. The van der Waals surface area contributed by atoms with Gasteiger partial charge in [-0.05, 0) is 38.1 Å². The predicted octanol–water partition coefficient (Wildman–Crippen LogP) is 3.97. The summed E-state index contributed by atoms with van der Waals surface area (Å²) in [7, 11) is 1.33. The van der Waals surface area contributed by atoms with Crippen LogP contribution < -0.4 is 9.47 Å². The summed E-state index contributed by atoms with van der Waals surface area (Å²) < 4.78 is 16.7. The normalized spacial score (nSPS) is 14.3. The van der Waals surface area contributed by atoms with Crippen LogP contribution in [0.5, 0.6) is 17.2 Å². The number of hydrogen-bond acceptors (Lipinski definition) is 6. The van der Waals surface area contributed by atoms with Gasteiger partial charge in [0.15, 0.2) is 5.78 Å². The number of esters is 1. The number of Topliss-reactive ketones (excluding diaryl/α,β-unsaturated/α-hetero) is 1. The van der Waals surface area contributed by atoms with Crippen molar-refractivity contribution < 1.29 is 23.8 Å². The quantitative estimate of drug-likeness (QED) is 0.597. The highest BCUT2D eigenvalue weighted by atomic mass is 16.5. The van der Waals surface area contributed by atoms with Gasteiger partial charge in [0.05, 0.1) is 18.9 Å². The van der Waals surface area contributed by atoms with Crippen LogP contribution in [-0.4, -0.2) is 29.4 Å². The van der Waals surface area contributed by atoms with Crippen LogP contribution in [0.3, 0.4) is 0 Å². The fourth-order valence-electron chi connectivity index (χ4n) is 2.89. The van der Waals surface area contributed by atoms with Crippen LogP contribution in [0.2, 0.25) is 0 Å². The first-order chi connectivity index (χ1) is 12.3. The van der Waals surface area contributed by atoms with E-state index in [4.69, 9.17) is 14.2 Å². The van der Waals surface area contributed by atoms with Gasteiger partial charge < -0.3 is 14.2 Å². The Hall–Kier alpha value is -2.89. The standard InChI is InChI=1S/C20H21NO5/c1-5-16(22)15-7-6-13(11-21-15)25-17-8-12(19(23)24-4)9-18-14(17)10-20(2,3)26-18/h6-9,11H,5,10H2,1-4H3. The Morgan fingerprint density at radius 1 is 1.27 bits per heavy atom. The Bertz CT molecular complexity index is 855. The van der Waals surface area contributed by atoms with Crippen LogP contribution in [0.1, 0.15) is 53.6 Å². The highest BCUT2D eigenvalue weighted by Gasteiger charge is 2.34. The van der Waals surface area contributed by atoms with Gasteiger partial charge in [0, 0.05) is 18.4 Å². The van der Waals surface area contributed by atoms with Crippen molar-refractivity contribution >= 4 is 11.8 Å². The summed E-state index contributed by atoms with van der Waals surface area (Å²) in [4.78, 5) is 27.8. The molecule has 0 saturated heterocycles. The summed E-state index contributed by atoms with van der Waals surface area (Å²) in [6.07, 6.45) is 2.55. The van der Waals surface area contributed by atoms with E-state index in [2.05, 4.69) is 4.98 Å². The van der Waals surface area contributed by atoms with Gasteiger partial charge in [-0.1, -0.05) is 6.92 Å². The average Bonchev–Trinajstić information content (AvgIpc) is 2.95. The minimum absolute atomic E-state index is 0.0275. The number of methoxy groups -OCH3 is 1. The molecule has 0 saturated carbocycles. The SMILES string of the molecule is CCC(=O)c1ccc(Oc2cc(C(=O)OC)cc3c2CC(C)(C)O3)cn1. The van der Waals surface area contributed by atoms with E-state index in [0.717, 1.165) is 5.56 Å². The number of rotatable bonds is 5. The molecule has 3 rings (SSSR count). The van der Waals surface area contributed by atoms with E-state index in [-0.39, 0.29) is 11.4 Å². The highest BCUT2D eigenvalue weighted by Crippen LogP contribution is 2.42. The average molecular weight is 355 g/mol. The van der Waals surface area contributed by atoms with Gasteiger partial charge in [0.2, 0.25) is 0 Å². The van der Waals surface area contributed by atoms with Crippen molar-refractivity contribution in [2.75, 3.05) is 7.11 Å². The van der Waals surface area contributed by atoms with E-state index in [0.29, 0.717) is 41.3 Å². The lowest BCUT2D eigenvalue weighted by Gasteiger charge is -2.16. The van der Waals surface area contributed by atoms with E-state index < -0.39 is 5.97 Å². The smallest absolute Gasteiger partial charge is 0.338 e. The molecular weight excluding hydrogens is 334 g/mol. The molecule has 2 heterocycles. The topological polar surface area (TPSA) is 74.7 Å². The van der Waals surface area contributed by atoms with E-state index in [1.165, 1.54) is 13.3 Å². The van der Waals surface area contributed by atoms with Crippen LogP contribution in [0, 0.1) is 0 Å². The zero-order valence-corrected chi connectivity index (χ0v) is 15.3. The Balaban J connectivity index is 1.95. The summed E-state index contributed by atoms with van der Waals surface area (Å²) in [6.45, 7) is 5.74. The maximum atomic E-state index is 11.9. The molecule has 1 aromatic heterocycles. The molecule has 0 amide bonds. The van der Waals surface area contributed by atoms with E-state index >= 15 is 0 Å². The van der Waals surface area contributed by atoms with Crippen LogP contribution in [0.4, 0.5) is 0 Å². The molecule has 0 radical (unpaired) electrons. The molecule has 2 aromatic rings. The molecule has 0 N–H and O–H groups in total. The molecule has 1 aromatic carbocycles. The maximum Gasteiger partial charge on any atom is 0.338 e. The first-order valence-corrected chi connectivity index (χ1v) is 8.44. The molecule has 1 aliphatic rings. The molecule has 1 aliphatic heterocycles. The third-order valence-electron chi connectivity index (χ3n) is 4.15. The van der Waals surface area contributed by atoms with Crippen molar-refractivity contribution in [1.29, 1.82) is 0 Å². The predicted molar refractivity (Wildman–Crippen MR) is 95.1 cm³/mol. The van der Waals surface area contributed by atoms with Crippen LogP contribution in [0.25, 0.3) is 0 Å². The number of fused-ring (bicyclic) bond motifs is 1. The van der Waals surface area contributed by atoms with Gasteiger partial charge in [-0.25, -0.2) is 9.78 Å². The highest BCUT2D eigenvalue weighted by molar-refractivity contribution is 5.94. The zero-order valence-electron chi connectivity index (χ0n) is 15.3. The minimum Gasteiger partial charge on any atom is -0.487 e. The van der Waals surface area contributed by atoms with Gasteiger partial charge in [-0.3, -0.25) is 4.79 Å². The number of ketones is 1. The molecule has 0 fully saturated rings. The molecule has 26 heavy (non-hydrogen) atoms. The van der Waals surface area contributed by atoms with Crippen molar-refractivity contribution in [1.82, 2.24) is 4.98 Å². The van der Waals surface area contributed by atoms with E-state index in [1.807, 2.05) is 13.8 Å². The van der Waals surface area contributed by atoms with E-state index in [1.54, 1.807) is 31.2 Å². The van der Waals surface area contributed by atoms with Gasteiger partial charge >= 0.3 is 5.97 Å². The summed E-state index contributed by atoms with van der Waals surface area (Å²) >= 11 is 0. The molecule has 0 aliphatic carbocycles. The molecule has 6 nitrogen and oxygen atoms in total. The second-order valence-electron chi connectivity index (χ2n) is 6.74. The number of carbonyl (C=O) groups is 2. The number of hydrogen-bond donors (Lipinski definition) is 0. The molecule has 6 heteroatoms. The minimum atomic E-state index is -0.465. The Kier molecular flexibility index (Phi) is 4.68. The van der Waals surface area contributed by atoms with Gasteiger partial charge in [0.25, 0.3) is 0 Å². The molecular formula is C20H21NO5. The second-order valence-corrected chi connectivity index (χ2v) is 6.74. The fourth-order valence-corrected chi connectivity index (χ4v) is 2.89. The number of carbonyl (C=O) groups excluding carboxylic acids is 2. The lowest BCUT2D eigenvalue weighted by molar-refractivity contribution is 0.0599. The lowest BCUT2D eigenvalue weighted by Crippen LogP contribution is -2.24. The number of benzene rings is 1. The Morgan fingerprint density at radius 2 is 2.04 bits per heavy atom. The number of aromatic nitrogens is 1. The monoisotopic (exact) mass is 355 g/mol. The van der Waals surface area contributed by atoms with Crippen molar-refractivity contribution in [3.8, 4) is 17.2 Å². The number of ether oxygens (including phenoxy) is 3. The maximum absolute atomic E-state index is 11.9. The van der Waals surface area contributed by atoms with Gasteiger partial charge in [0.1, 0.15) is 28.5 Å². The molecule has 0 atom stereocenters. The molecule has 0 spiro atoms.